The molecule has 0 aromatic heterocycles. The molecule has 1 amide bonds. The summed E-state index contributed by atoms with van der Waals surface area (Å²) in [6.45, 7) is 13.4. The van der Waals surface area contributed by atoms with Gasteiger partial charge in [-0.15, -0.1) is 13.2 Å². The summed E-state index contributed by atoms with van der Waals surface area (Å²) < 4.78 is 17.6. The van der Waals surface area contributed by atoms with Gasteiger partial charge in [-0.05, 0) is 61.3 Å². The molecule has 230 valence electrons. The van der Waals surface area contributed by atoms with Gasteiger partial charge in [0.1, 0.15) is 24.5 Å². The summed E-state index contributed by atoms with van der Waals surface area (Å²) in [5.74, 6) is 0.625. The number of unbranched alkanes of at least 4 members (excludes halogenated alkanes) is 2. The highest BCUT2D eigenvalue weighted by Crippen LogP contribution is 2.21. The van der Waals surface area contributed by atoms with Crippen LogP contribution in [-0.4, -0.2) is 49.2 Å². The molecule has 2 aromatic rings. The molecule has 0 saturated carbocycles. The number of nitrogens with zero attached hydrogens (tertiary/aromatic N) is 1. The van der Waals surface area contributed by atoms with E-state index in [1.807, 2.05) is 60.7 Å². The molecule has 3 atom stereocenters. The summed E-state index contributed by atoms with van der Waals surface area (Å²) in [7, 11) is 1.69. The molecule has 0 fully saturated rings. The number of allylic oxidation sites excluding steroid dienone is 2. The summed E-state index contributed by atoms with van der Waals surface area (Å²) in [5, 5.41) is 0. The molecule has 0 N–H and O–H groups in total. The lowest BCUT2D eigenvalue weighted by Crippen LogP contribution is -2.45. The summed E-state index contributed by atoms with van der Waals surface area (Å²) in [6.07, 6.45) is 10.4. The minimum Gasteiger partial charge on any atom is -0.491 e. The lowest BCUT2D eigenvalue weighted by atomic mass is 9.99. The zero-order valence-corrected chi connectivity index (χ0v) is 26.0. The predicted octanol–water partition coefficient (Wildman–Crippen LogP) is 7.71. The first-order chi connectivity index (χ1) is 20.4. The maximum absolute atomic E-state index is 13.6. The van der Waals surface area contributed by atoms with Gasteiger partial charge in [0, 0.05) is 19.9 Å². The lowest BCUT2D eigenvalue weighted by molar-refractivity contribution is -0.159. The zero-order valence-electron chi connectivity index (χ0n) is 26.0. The number of ether oxygens (including phenoxy) is 3. The number of carbonyl (C=O) groups is 2. The number of amides is 1. The first kappa shape index (κ1) is 34.8. The molecule has 0 spiro atoms. The van der Waals surface area contributed by atoms with Crippen molar-refractivity contribution in [1.29, 1.82) is 0 Å². The second-order valence-electron chi connectivity index (χ2n) is 10.9. The van der Waals surface area contributed by atoms with E-state index in [-0.39, 0.29) is 18.0 Å². The van der Waals surface area contributed by atoms with Gasteiger partial charge in [-0.2, -0.15) is 0 Å². The molecule has 0 unspecified atom stereocenters. The Bertz CT molecular complexity index is 1050. The minimum atomic E-state index is -0.717. The van der Waals surface area contributed by atoms with Crippen molar-refractivity contribution in [1.82, 2.24) is 4.90 Å². The van der Waals surface area contributed by atoms with E-state index in [1.54, 1.807) is 13.1 Å². The molecule has 0 saturated heterocycles. The quantitative estimate of drug-likeness (QED) is 0.0815. The van der Waals surface area contributed by atoms with E-state index in [0.29, 0.717) is 45.0 Å². The maximum Gasteiger partial charge on any atom is 0.329 e. The summed E-state index contributed by atoms with van der Waals surface area (Å²) in [4.78, 5) is 28.1. The Balaban J connectivity index is 2.02. The van der Waals surface area contributed by atoms with Crippen molar-refractivity contribution >= 4 is 11.9 Å². The van der Waals surface area contributed by atoms with Crippen LogP contribution in [-0.2, 0) is 32.1 Å². The SMILES string of the molecule is C=CCCC(=O)N(C)[C@@H](Cc1ccc(OCCOCc2ccccc2)cc1)C(=O)O[C@H](CCCCC)CC[C@H](C)C=C. The van der Waals surface area contributed by atoms with Gasteiger partial charge in [-0.25, -0.2) is 4.79 Å². The molecule has 6 heteroatoms. The summed E-state index contributed by atoms with van der Waals surface area (Å²) in [6, 6.07) is 17.0. The fourth-order valence-corrected chi connectivity index (χ4v) is 4.58. The van der Waals surface area contributed by atoms with Crippen LogP contribution in [0.4, 0.5) is 0 Å². The molecule has 2 rings (SSSR count). The molecule has 0 heterocycles. The van der Waals surface area contributed by atoms with Gasteiger partial charge in [0.2, 0.25) is 5.91 Å². The van der Waals surface area contributed by atoms with Gasteiger partial charge < -0.3 is 19.1 Å². The van der Waals surface area contributed by atoms with Crippen molar-refractivity contribution < 1.29 is 23.8 Å². The van der Waals surface area contributed by atoms with Crippen molar-refractivity contribution in [3.63, 3.8) is 0 Å². The minimum absolute atomic E-state index is 0.102. The average Bonchev–Trinajstić information content (AvgIpc) is 3.01. The molecule has 0 bridgehead atoms. The monoisotopic (exact) mass is 577 g/mol. The Morgan fingerprint density at radius 2 is 1.67 bits per heavy atom. The van der Waals surface area contributed by atoms with Crippen LogP contribution in [0.3, 0.4) is 0 Å². The standard InChI is InChI=1S/C36H51NO5/c1-6-9-12-17-33(22-19-29(4)8-3)42-36(39)34(37(5)35(38)18-10-7-2)27-30-20-23-32(24-21-30)41-26-25-40-28-31-15-13-11-14-16-31/h7-8,11,13-16,20-21,23-24,29,33-34H,2-3,6,9-10,12,17-19,22,25-28H2,1,4-5H3/t29-,33-,34+/m1/s1. The highest BCUT2D eigenvalue weighted by molar-refractivity contribution is 5.84. The average molecular weight is 578 g/mol. The van der Waals surface area contributed by atoms with Gasteiger partial charge in [-0.1, -0.05) is 81.3 Å². The van der Waals surface area contributed by atoms with Crippen LogP contribution in [0.5, 0.6) is 5.75 Å². The number of carbonyl (C=O) groups excluding carboxylic acids is 2. The Morgan fingerprint density at radius 3 is 2.33 bits per heavy atom. The van der Waals surface area contributed by atoms with Crippen molar-refractivity contribution in [3.8, 4) is 5.75 Å². The smallest absolute Gasteiger partial charge is 0.329 e. The normalized spacial score (nSPS) is 13.0. The Kier molecular flexibility index (Phi) is 17.0. The Morgan fingerprint density at radius 1 is 0.929 bits per heavy atom. The second kappa shape index (κ2) is 20.5. The molecular weight excluding hydrogens is 526 g/mol. The topological polar surface area (TPSA) is 65.1 Å². The third-order valence-corrected chi connectivity index (χ3v) is 7.41. The van der Waals surface area contributed by atoms with E-state index in [0.717, 1.165) is 55.4 Å². The first-order valence-corrected chi connectivity index (χ1v) is 15.4. The summed E-state index contributed by atoms with van der Waals surface area (Å²) >= 11 is 0. The molecule has 0 radical (unpaired) electrons. The predicted molar refractivity (Wildman–Crippen MR) is 170 cm³/mol. The highest BCUT2D eigenvalue weighted by atomic mass is 16.5. The van der Waals surface area contributed by atoms with Crippen LogP contribution >= 0.6 is 0 Å². The van der Waals surface area contributed by atoms with Gasteiger partial charge >= 0.3 is 5.97 Å². The van der Waals surface area contributed by atoms with E-state index >= 15 is 0 Å². The molecule has 0 aliphatic heterocycles. The van der Waals surface area contributed by atoms with Crippen LogP contribution in [0.15, 0.2) is 79.9 Å². The number of hydrogen-bond donors (Lipinski definition) is 0. The lowest BCUT2D eigenvalue weighted by Gasteiger charge is -2.29. The Labute approximate surface area is 253 Å². The molecule has 42 heavy (non-hydrogen) atoms. The van der Waals surface area contributed by atoms with Crippen LogP contribution in [0.25, 0.3) is 0 Å². The molecule has 2 aromatic carbocycles. The number of benzene rings is 2. The number of rotatable bonds is 22. The summed E-state index contributed by atoms with van der Waals surface area (Å²) in [5.41, 5.74) is 2.05. The number of hydrogen-bond acceptors (Lipinski definition) is 5. The third kappa shape index (κ3) is 13.5. The Hall–Kier alpha value is -3.38. The molecular formula is C36H51NO5. The van der Waals surface area contributed by atoms with Crippen LogP contribution in [0.1, 0.15) is 76.3 Å². The number of esters is 1. The first-order valence-electron chi connectivity index (χ1n) is 15.4. The fourth-order valence-electron chi connectivity index (χ4n) is 4.58. The molecule has 0 aliphatic rings. The molecule has 0 aliphatic carbocycles. The van der Waals surface area contributed by atoms with Gasteiger partial charge in [0.05, 0.1) is 13.2 Å². The van der Waals surface area contributed by atoms with E-state index in [4.69, 9.17) is 14.2 Å². The van der Waals surface area contributed by atoms with E-state index in [1.165, 1.54) is 4.90 Å². The number of likely N-dealkylation sites (N-methyl/N-ethyl adjacent to an activating group) is 1. The van der Waals surface area contributed by atoms with Gasteiger partial charge in [0.15, 0.2) is 0 Å². The van der Waals surface area contributed by atoms with E-state index in [2.05, 4.69) is 27.0 Å². The van der Waals surface area contributed by atoms with Crippen molar-refractivity contribution in [2.75, 3.05) is 20.3 Å². The molecule has 6 nitrogen and oxygen atoms in total. The van der Waals surface area contributed by atoms with Crippen LogP contribution in [0.2, 0.25) is 0 Å². The zero-order chi connectivity index (χ0) is 30.6. The second-order valence-corrected chi connectivity index (χ2v) is 10.9. The highest BCUT2D eigenvalue weighted by Gasteiger charge is 2.30. The van der Waals surface area contributed by atoms with Crippen molar-refractivity contribution in [2.24, 2.45) is 5.92 Å². The van der Waals surface area contributed by atoms with E-state index in [9.17, 15) is 9.59 Å². The fraction of sp³-hybridized carbons (Fsp3) is 0.500. The van der Waals surface area contributed by atoms with E-state index < -0.39 is 6.04 Å². The van der Waals surface area contributed by atoms with Crippen LogP contribution in [0, 0.1) is 5.92 Å². The van der Waals surface area contributed by atoms with Gasteiger partial charge in [0.25, 0.3) is 0 Å². The van der Waals surface area contributed by atoms with Crippen molar-refractivity contribution in [2.45, 2.75) is 90.4 Å². The van der Waals surface area contributed by atoms with Gasteiger partial charge in [-0.3, -0.25) is 4.79 Å². The maximum atomic E-state index is 13.6. The third-order valence-electron chi connectivity index (χ3n) is 7.41. The van der Waals surface area contributed by atoms with Crippen LogP contribution < -0.4 is 4.74 Å². The largest absolute Gasteiger partial charge is 0.491 e. The van der Waals surface area contributed by atoms with Crippen molar-refractivity contribution in [3.05, 3.63) is 91.0 Å².